The number of aromatic nitrogens is 1. The first-order valence-corrected chi connectivity index (χ1v) is 6.88. The van der Waals surface area contributed by atoms with Crippen molar-refractivity contribution < 1.29 is 9.47 Å². The summed E-state index contributed by atoms with van der Waals surface area (Å²) >= 11 is 5.01. The Morgan fingerprint density at radius 1 is 1.28 bits per heavy atom. The molecule has 0 amide bonds. The number of rotatable bonds is 4. The average Bonchev–Trinajstić information content (AvgIpc) is 2.79. The van der Waals surface area contributed by atoms with E-state index in [-0.39, 0.29) is 0 Å². The first kappa shape index (κ1) is 13.3. The third kappa shape index (κ3) is 2.50. The van der Waals surface area contributed by atoms with Crippen LogP contribution in [0.25, 0.3) is 10.4 Å². The molecule has 1 aromatic carbocycles. The SMILES string of the molecule is COc1ccc(-c2sc(CN)nc2Br)cc1OC. The van der Waals surface area contributed by atoms with E-state index in [4.69, 9.17) is 15.2 Å². The third-order valence-electron chi connectivity index (χ3n) is 2.45. The van der Waals surface area contributed by atoms with Crippen molar-refractivity contribution in [2.75, 3.05) is 14.2 Å². The highest BCUT2D eigenvalue weighted by Crippen LogP contribution is 2.38. The maximum atomic E-state index is 5.59. The van der Waals surface area contributed by atoms with Gasteiger partial charge in [0, 0.05) is 6.54 Å². The van der Waals surface area contributed by atoms with E-state index in [1.807, 2.05) is 18.2 Å². The van der Waals surface area contributed by atoms with Crippen LogP contribution in [0.1, 0.15) is 5.01 Å². The average molecular weight is 329 g/mol. The van der Waals surface area contributed by atoms with Gasteiger partial charge in [-0.3, -0.25) is 0 Å². The van der Waals surface area contributed by atoms with Gasteiger partial charge in [0.15, 0.2) is 11.5 Å². The second-order valence-corrected chi connectivity index (χ2v) is 5.34. The fraction of sp³-hybridized carbons (Fsp3) is 0.250. The molecule has 0 fully saturated rings. The highest BCUT2D eigenvalue weighted by atomic mass is 79.9. The lowest BCUT2D eigenvalue weighted by Gasteiger charge is -2.08. The Bertz CT molecular complexity index is 557. The molecule has 6 heteroatoms. The molecular weight excluding hydrogens is 316 g/mol. The fourth-order valence-corrected chi connectivity index (χ4v) is 3.22. The van der Waals surface area contributed by atoms with Crippen molar-refractivity contribution in [3.63, 3.8) is 0 Å². The summed E-state index contributed by atoms with van der Waals surface area (Å²) in [6.45, 7) is 0.441. The molecule has 0 aliphatic rings. The molecule has 0 atom stereocenters. The van der Waals surface area contributed by atoms with Crippen molar-refractivity contribution in [3.8, 4) is 21.9 Å². The van der Waals surface area contributed by atoms with E-state index >= 15 is 0 Å². The largest absolute Gasteiger partial charge is 0.493 e. The predicted molar refractivity (Wildman–Crippen MR) is 76.2 cm³/mol. The van der Waals surface area contributed by atoms with Crippen LogP contribution in [0.4, 0.5) is 0 Å². The second-order valence-electron chi connectivity index (χ2n) is 3.50. The van der Waals surface area contributed by atoms with E-state index < -0.39 is 0 Å². The molecular formula is C12H13BrN2O2S. The smallest absolute Gasteiger partial charge is 0.161 e. The molecule has 2 rings (SSSR count). The monoisotopic (exact) mass is 328 g/mol. The number of hydrogen-bond donors (Lipinski definition) is 1. The quantitative estimate of drug-likeness (QED) is 0.937. The molecule has 0 aliphatic carbocycles. The Morgan fingerprint density at radius 3 is 2.56 bits per heavy atom. The highest BCUT2D eigenvalue weighted by Gasteiger charge is 2.12. The van der Waals surface area contributed by atoms with E-state index in [2.05, 4.69) is 20.9 Å². The van der Waals surface area contributed by atoms with E-state index in [9.17, 15) is 0 Å². The zero-order chi connectivity index (χ0) is 13.1. The lowest BCUT2D eigenvalue weighted by atomic mass is 10.2. The number of hydrogen-bond acceptors (Lipinski definition) is 5. The Balaban J connectivity index is 2.47. The lowest BCUT2D eigenvalue weighted by Crippen LogP contribution is -1.93. The van der Waals surface area contributed by atoms with Gasteiger partial charge in [0.2, 0.25) is 0 Å². The zero-order valence-electron chi connectivity index (χ0n) is 10.1. The Morgan fingerprint density at radius 2 is 2.00 bits per heavy atom. The van der Waals surface area contributed by atoms with Gasteiger partial charge in [0.05, 0.1) is 19.1 Å². The number of nitrogens with zero attached hydrogens (tertiary/aromatic N) is 1. The van der Waals surface area contributed by atoms with Crippen LogP contribution in [0.2, 0.25) is 0 Å². The number of thiazole rings is 1. The van der Waals surface area contributed by atoms with Crippen molar-refractivity contribution in [1.29, 1.82) is 0 Å². The lowest BCUT2D eigenvalue weighted by molar-refractivity contribution is 0.355. The van der Waals surface area contributed by atoms with Gasteiger partial charge in [-0.25, -0.2) is 4.98 Å². The van der Waals surface area contributed by atoms with E-state index in [1.165, 1.54) is 0 Å². The number of methoxy groups -OCH3 is 2. The predicted octanol–water partition coefficient (Wildman–Crippen LogP) is 3.05. The molecule has 0 aliphatic heterocycles. The fourth-order valence-electron chi connectivity index (χ4n) is 1.59. The summed E-state index contributed by atoms with van der Waals surface area (Å²) in [7, 11) is 3.24. The van der Waals surface area contributed by atoms with Gasteiger partial charge in [-0.05, 0) is 39.7 Å². The minimum Gasteiger partial charge on any atom is -0.493 e. The normalized spacial score (nSPS) is 10.4. The Labute approximate surface area is 118 Å². The topological polar surface area (TPSA) is 57.4 Å². The maximum absolute atomic E-state index is 5.59. The summed E-state index contributed by atoms with van der Waals surface area (Å²) in [6, 6.07) is 5.78. The van der Waals surface area contributed by atoms with Crippen LogP contribution >= 0.6 is 27.3 Å². The molecule has 0 radical (unpaired) electrons. The molecule has 2 aromatic rings. The van der Waals surface area contributed by atoms with E-state index in [1.54, 1.807) is 25.6 Å². The van der Waals surface area contributed by atoms with Crippen LogP contribution in [0, 0.1) is 0 Å². The molecule has 1 heterocycles. The zero-order valence-corrected chi connectivity index (χ0v) is 12.5. The molecule has 96 valence electrons. The Kier molecular flexibility index (Phi) is 4.21. The van der Waals surface area contributed by atoms with Crippen LogP contribution < -0.4 is 15.2 Å². The van der Waals surface area contributed by atoms with Crippen LogP contribution in [0.5, 0.6) is 11.5 Å². The standard InChI is InChI=1S/C12H13BrN2O2S/c1-16-8-4-3-7(5-9(8)17-2)11-12(13)15-10(6-14)18-11/h3-5H,6,14H2,1-2H3. The van der Waals surface area contributed by atoms with Gasteiger partial charge in [-0.15, -0.1) is 11.3 Å². The minimum absolute atomic E-state index is 0.441. The van der Waals surface area contributed by atoms with Gasteiger partial charge in [-0.2, -0.15) is 0 Å². The molecule has 0 saturated heterocycles. The van der Waals surface area contributed by atoms with Crippen molar-refractivity contribution in [2.45, 2.75) is 6.54 Å². The first-order chi connectivity index (χ1) is 8.69. The summed E-state index contributed by atoms with van der Waals surface area (Å²) < 4.78 is 11.3. The number of nitrogens with two attached hydrogens (primary N) is 1. The number of halogens is 1. The van der Waals surface area contributed by atoms with Gasteiger partial charge in [0.25, 0.3) is 0 Å². The molecule has 4 nitrogen and oxygen atoms in total. The molecule has 18 heavy (non-hydrogen) atoms. The molecule has 2 N–H and O–H groups in total. The molecule has 0 unspecified atom stereocenters. The third-order valence-corrected chi connectivity index (χ3v) is 4.41. The maximum Gasteiger partial charge on any atom is 0.161 e. The first-order valence-electron chi connectivity index (χ1n) is 5.27. The molecule has 0 bridgehead atoms. The van der Waals surface area contributed by atoms with Gasteiger partial charge >= 0.3 is 0 Å². The van der Waals surface area contributed by atoms with Crippen LogP contribution in [-0.4, -0.2) is 19.2 Å². The summed E-state index contributed by atoms with van der Waals surface area (Å²) in [5.41, 5.74) is 6.62. The minimum atomic E-state index is 0.441. The van der Waals surface area contributed by atoms with E-state index in [0.29, 0.717) is 18.0 Å². The summed E-state index contributed by atoms with van der Waals surface area (Å²) in [5.74, 6) is 1.41. The highest BCUT2D eigenvalue weighted by molar-refractivity contribution is 9.10. The van der Waals surface area contributed by atoms with Gasteiger partial charge < -0.3 is 15.2 Å². The number of benzene rings is 1. The Hall–Kier alpha value is -1.11. The van der Waals surface area contributed by atoms with Crippen LogP contribution in [-0.2, 0) is 6.54 Å². The van der Waals surface area contributed by atoms with Crippen molar-refractivity contribution >= 4 is 27.3 Å². The second kappa shape index (κ2) is 5.69. The van der Waals surface area contributed by atoms with Crippen molar-refractivity contribution in [3.05, 3.63) is 27.8 Å². The van der Waals surface area contributed by atoms with E-state index in [0.717, 1.165) is 20.1 Å². The summed E-state index contributed by atoms with van der Waals surface area (Å²) in [6.07, 6.45) is 0. The molecule has 0 spiro atoms. The van der Waals surface area contributed by atoms with Gasteiger partial charge in [0.1, 0.15) is 9.61 Å². The van der Waals surface area contributed by atoms with Gasteiger partial charge in [-0.1, -0.05) is 0 Å². The summed E-state index contributed by atoms with van der Waals surface area (Å²) in [4.78, 5) is 5.38. The summed E-state index contributed by atoms with van der Waals surface area (Å²) in [5, 5.41) is 0.895. The van der Waals surface area contributed by atoms with Crippen LogP contribution in [0.15, 0.2) is 22.8 Å². The molecule has 1 aromatic heterocycles. The number of ether oxygens (including phenoxy) is 2. The molecule has 0 saturated carbocycles. The van der Waals surface area contributed by atoms with Crippen molar-refractivity contribution in [2.24, 2.45) is 5.73 Å². The van der Waals surface area contributed by atoms with Crippen LogP contribution in [0.3, 0.4) is 0 Å². The van der Waals surface area contributed by atoms with Crippen molar-refractivity contribution in [1.82, 2.24) is 4.98 Å².